The highest BCUT2D eigenvalue weighted by molar-refractivity contribution is 5.92. The van der Waals surface area contributed by atoms with E-state index in [1.165, 1.54) is 24.3 Å². The van der Waals surface area contributed by atoms with Crippen molar-refractivity contribution in [2.24, 2.45) is 0 Å². The maximum atomic E-state index is 12.9. The second-order valence-electron chi connectivity index (χ2n) is 6.80. The Balaban J connectivity index is 1.67. The van der Waals surface area contributed by atoms with Crippen LogP contribution in [0.5, 0.6) is 0 Å². The van der Waals surface area contributed by atoms with E-state index >= 15 is 0 Å². The molecule has 0 saturated carbocycles. The van der Waals surface area contributed by atoms with E-state index in [1.54, 1.807) is 7.11 Å². The first kappa shape index (κ1) is 21.3. The number of anilines is 1. The topological polar surface area (TPSA) is 65.1 Å². The smallest absolute Gasteiger partial charge is 0.238 e. The van der Waals surface area contributed by atoms with Crippen LogP contribution in [0.4, 0.5) is 10.1 Å². The number of hydrogen-bond acceptors (Lipinski definition) is 5. The Morgan fingerprint density at radius 3 is 2.48 bits per heavy atom. The number of halogens is 1. The van der Waals surface area contributed by atoms with E-state index in [2.05, 4.69) is 5.32 Å². The predicted octanol–water partition coefficient (Wildman–Crippen LogP) is 0.877. The van der Waals surface area contributed by atoms with Crippen molar-refractivity contribution >= 4 is 17.5 Å². The minimum absolute atomic E-state index is 0.116. The Kier molecular flexibility index (Phi) is 8.63. The van der Waals surface area contributed by atoms with Gasteiger partial charge in [0.25, 0.3) is 0 Å². The molecule has 7 nitrogen and oxygen atoms in total. The summed E-state index contributed by atoms with van der Waals surface area (Å²) in [5, 5.41) is 2.76. The Labute approximate surface area is 160 Å². The third kappa shape index (κ3) is 7.62. The number of nitrogens with zero attached hydrogens (tertiary/aromatic N) is 3. The van der Waals surface area contributed by atoms with Crippen LogP contribution in [-0.4, -0.2) is 93.1 Å². The normalized spacial score (nSPS) is 15.2. The van der Waals surface area contributed by atoms with Crippen LogP contribution in [0.3, 0.4) is 0 Å². The van der Waals surface area contributed by atoms with Crippen molar-refractivity contribution in [3.8, 4) is 0 Å². The van der Waals surface area contributed by atoms with E-state index in [4.69, 9.17) is 4.74 Å². The van der Waals surface area contributed by atoms with Crippen LogP contribution < -0.4 is 5.32 Å². The molecule has 8 heteroatoms. The minimum Gasteiger partial charge on any atom is -0.385 e. The van der Waals surface area contributed by atoms with Crippen LogP contribution in [0, 0.1) is 5.82 Å². The van der Waals surface area contributed by atoms with E-state index in [0.717, 1.165) is 13.0 Å². The van der Waals surface area contributed by atoms with E-state index in [0.29, 0.717) is 45.0 Å². The van der Waals surface area contributed by atoms with Gasteiger partial charge in [0, 0.05) is 52.1 Å². The first-order valence-corrected chi connectivity index (χ1v) is 9.21. The van der Waals surface area contributed by atoms with E-state index in [-0.39, 0.29) is 24.2 Å². The quantitative estimate of drug-likeness (QED) is 0.645. The van der Waals surface area contributed by atoms with Crippen molar-refractivity contribution in [3.05, 3.63) is 30.1 Å². The molecule has 0 unspecified atom stereocenters. The third-order valence-corrected chi connectivity index (χ3v) is 4.51. The Hall–Kier alpha value is -2.03. The molecule has 150 valence electrons. The molecular formula is C19H29FN4O3. The number of nitrogens with one attached hydrogen (secondary N) is 1. The number of carbonyl (C=O) groups is 2. The highest BCUT2D eigenvalue weighted by Crippen LogP contribution is 2.09. The van der Waals surface area contributed by atoms with Crippen LogP contribution in [0.2, 0.25) is 0 Å². The summed E-state index contributed by atoms with van der Waals surface area (Å²) in [5.74, 6) is -0.359. The molecule has 1 saturated heterocycles. The zero-order valence-corrected chi connectivity index (χ0v) is 16.1. The molecule has 1 heterocycles. The Bertz CT molecular complexity index is 603. The number of piperazine rings is 1. The summed E-state index contributed by atoms with van der Waals surface area (Å²) < 4.78 is 17.9. The summed E-state index contributed by atoms with van der Waals surface area (Å²) in [6, 6.07) is 5.69. The van der Waals surface area contributed by atoms with Gasteiger partial charge in [-0.05, 0) is 37.7 Å². The highest BCUT2D eigenvalue weighted by Gasteiger charge is 2.23. The number of ether oxygens (including phenoxy) is 1. The number of likely N-dealkylation sites (N-methyl/N-ethyl adjacent to an activating group) is 1. The fourth-order valence-electron chi connectivity index (χ4n) is 2.98. The third-order valence-electron chi connectivity index (χ3n) is 4.51. The van der Waals surface area contributed by atoms with Crippen molar-refractivity contribution in [2.75, 3.05) is 71.9 Å². The lowest BCUT2D eigenvalue weighted by molar-refractivity contribution is -0.134. The van der Waals surface area contributed by atoms with E-state index in [1.807, 2.05) is 21.7 Å². The van der Waals surface area contributed by atoms with Crippen LogP contribution in [-0.2, 0) is 14.3 Å². The fraction of sp³-hybridized carbons (Fsp3) is 0.579. The molecule has 1 aromatic carbocycles. The van der Waals surface area contributed by atoms with Crippen molar-refractivity contribution in [1.29, 1.82) is 0 Å². The molecular weight excluding hydrogens is 351 g/mol. The van der Waals surface area contributed by atoms with Gasteiger partial charge >= 0.3 is 0 Å². The van der Waals surface area contributed by atoms with Gasteiger partial charge in [0.2, 0.25) is 11.8 Å². The van der Waals surface area contributed by atoms with Crippen LogP contribution >= 0.6 is 0 Å². The Morgan fingerprint density at radius 1 is 1.19 bits per heavy atom. The summed E-state index contributed by atoms with van der Waals surface area (Å²) in [4.78, 5) is 30.3. The summed E-state index contributed by atoms with van der Waals surface area (Å²) >= 11 is 0. The first-order chi connectivity index (χ1) is 13.0. The van der Waals surface area contributed by atoms with Gasteiger partial charge in [0.15, 0.2) is 0 Å². The number of benzene rings is 1. The largest absolute Gasteiger partial charge is 0.385 e. The number of hydrogen-bond donors (Lipinski definition) is 1. The minimum atomic E-state index is -0.335. The number of methoxy groups -OCH3 is 1. The standard InChI is InChI=1S/C19H29FN4O3/c1-22(8-3-13-27-2)15-19(26)24-11-9-23(10-12-24)14-18(25)21-17-6-4-16(20)5-7-17/h4-7H,3,8-15H2,1-2H3,(H,21,25). The van der Waals surface area contributed by atoms with Crippen molar-refractivity contribution in [3.63, 3.8) is 0 Å². The van der Waals surface area contributed by atoms with E-state index in [9.17, 15) is 14.0 Å². The van der Waals surface area contributed by atoms with Crippen molar-refractivity contribution < 1.29 is 18.7 Å². The van der Waals surface area contributed by atoms with Gasteiger partial charge in [-0.25, -0.2) is 4.39 Å². The van der Waals surface area contributed by atoms with Crippen LogP contribution in [0.15, 0.2) is 24.3 Å². The Morgan fingerprint density at radius 2 is 1.85 bits per heavy atom. The second kappa shape index (κ2) is 11.0. The molecule has 1 N–H and O–H groups in total. The zero-order chi connectivity index (χ0) is 19.6. The average molecular weight is 380 g/mol. The zero-order valence-electron chi connectivity index (χ0n) is 16.1. The van der Waals surface area contributed by atoms with Crippen molar-refractivity contribution in [2.45, 2.75) is 6.42 Å². The lowest BCUT2D eigenvalue weighted by Gasteiger charge is -2.35. The number of rotatable bonds is 9. The molecule has 0 aliphatic carbocycles. The first-order valence-electron chi connectivity index (χ1n) is 9.21. The van der Waals surface area contributed by atoms with Crippen LogP contribution in [0.25, 0.3) is 0 Å². The molecule has 1 fully saturated rings. The lowest BCUT2D eigenvalue weighted by Crippen LogP contribution is -2.52. The molecule has 1 aliphatic rings. The number of carbonyl (C=O) groups excluding carboxylic acids is 2. The molecule has 0 radical (unpaired) electrons. The highest BCUT2D eigenvalue weighted by atomic mass is 19.1. The number of amides is 2. The van der Waals surface area contributed by atoms with Gasteiger partial charge in [-0.15, -0.1) is 0 Å². The average Bonchev–Trinajstić information content (AvgIpc) is 2.64. The van der Waals surface area contributed by atoms with Gasteiger partial charge in [0.05, 0.1) is 13.1 Å². The summed E-state index contributed by atoms with van der Waals surface area (Å²) in [6.07, 6.45) is 0.900. The van der Waals surface area contributed by atoms with Gasteiger partial charge in [-0.1, -0.05) is 0 Å². The van der Waals surface area contributed by atoms with Crippen LogP contribution in [0.1, 0.15) is 6.42 Å². The van der Waals surface area contributed by atoms with Gasteiger partial charge in [-0.2, -0.15) is 0 Å². The van der Waals surface area contributed by atoms with Gasteiger partial charge in [-0.3, -0.25) is 19.4 Å². The maximum absolute atomic E-state index is 12.9. The van der Waals surface area contributed by atoms with Gasteiger partial charge < -0.3 is 15.0 Å². The molecule has 0 bridgehead atoms. The van der Waals surface area contributed by atoms with Gasteiger partial charge in [0.1, 0.15) is 5.82 Å². The summed E-state index contributed by atoms with van der Waals surface area (Å²) in [6.45, 7) is 4.74. The molecule has 0 spiro atoms. The summed E-state index contributed by atoms with van der Waals surface area (Å²) in [7, 11) is 3.61. The summed E-state index contributed by atoms with van der Waals surface area (Å²) in [5.41, 5.74) is 0.576. The predicted molar refractivity (Wildman–Crippen MR) is 102 cm³/mol. The molecule has 2 amide bonds. The molecule has 1 aromatic rings. The SMILES string of the molecule is COCCCN(C)CC(=O)N1CCN(CC(=O)Nc2ccc(F)cc2)CC1. The lowest BCUT2D eigenvalue weighted by atomic mass is 10.2. The molecule has 0 atom stereocenters. The molecule has 2 rings (SSSR count). The maximum Gasteiger partial charge on any atom is 0.238 e. The molecule has 1 aliphatic heterocycles. The van der Waals surface area contributed by atoms with Crippen molar-refractivity contribution in [1.82, 2.24) is 14.7 Å². The monoisotopic (exact) mass is 380 g/mol. The fourth-order valence-corrected chi connectivity index (χ4v) is 2.98. The molecule has 27 heavy (non-hydrogen) atoms. The molecule has 0 aromatic heterocycles. The second-order valence-corrected chi connectivity index (χ2v) is 6.80. The van der Waals surface area contributed by atoms with E-state index < -0.39 is 0 Å².